The van der Waals surface area contributed by atoms with Crippen LogP contribution in [0.3, 0.4) is 0 Å². The molecule has 0 unspecified atom stereocenters. The smallest absolute Gasteiger partial charge is 0.307 e. The minimum absolute atomic E-state index is 0.193. The molecule has 0 bridgehead atoms. The first-order valence-corrected chi connectivity index (χ1v) is 11.6. The molecule has 0 aromatic heterocycles. The number of rotatable bonds is 16. The van der Waals surface area contributed by atoms with Crippen LogP contribution < -0.4 is 0 Å². The lowest BCUT2D eigenvalue weighted by molar-refractivity contribution is -0.146. The van der Waals surface area contributed by atoms with Gasteiger partial charge in [0.2, 0.25) is 0 Å². The van der Waals surface area contributed by atoms with Crippen LogP contribution in [0.1, 0.15) is 74.1 Å². The third-order valence-corrected chi connectivity index (χ3v) is 4.14. The zero-order valence-corrected chi connectivity index (χ0v) is 21.3. The molecule has 0 aromatic carbocycles. The lowest BCUT2D eigenvalue weighted by Crippen LogP contribution is -2.31. The average molecular weight is 435 g/mol. The van der Waals surface area contributed by atoms with Crippen molar-refractivity contribution in [2.24, 2.45) is 0 Å². The van der Waals surface area contributed by atoms with Gasteiger partial charge in [0, 0.05) is 32.1 Å². The van der Waals surface area contributed by atoms with Crippen molar-refractivity contribution in [3.63, 3.8) is 0 Å². The summed E-state index contributed by atoms with van der Waals surface area (Å²) in [5.41, 5.74) is 0. The van der Waals surface area contributed by atoms with Gasteiger partial charge in [-0.2, -0.15) is 0 Å². The van der Waals surface area contributed by atoms with E-state index in [1.54, 1.807) is 6.92 Å². The summed E-state index contributed by atoms with van der Waals surface area (Å²) in [5.74, 6) is -0.386. The van der Waals surface area contributed by atoms with Gasteiger partial charge in [-0.3, -0.25) is 9.59 Å². The van der Waals surface area contributed by atoms with Crippen LogP contribution in [0.4, 0.5) is 0 Å². The largest absolute Gasteiger partial charge is 0.466 e. The van der Waals surface area contributed by atoms with E-state index in [1.165, 1.54) is 0 Å². The zero-order chi connectivity index (χ0) is 23.8. The normalized spacial score (nSPS) is 10.3. The van der Waals surface area contributed by atoms with Gasteiger partial charge in [0.05, 0.1) is 32.8 Å². The Balaban J connectivity index is -0.00000171. The lowest BCUT2D eigenvalue weighted by atomic mass is 10.3. The van der Waals surface area contributed by atoms with Gasteiger partial charge < -0.3 is 24.0 Å². The monoisotopic (exact) mass is 434 g/mol. The molecule has 182 valence electrons. The van der Waals surface area contributed by atoms with Crippen molar-refractivity contribution >= 4 is 11.9 Å². The van der Waals surface area contributed by atoms with Crippen molar-refractivity contribution in [3.05, 3.63) is 0 Å². The van der Waals surface area contributed by atoms with Crippen LogP contribution in [0.15, 0.2) is 0 Å². The number of hydrogen-bond acceptors (Lipinski definition) is 7. The molecular weight excluding hydrogens is 384 g/mol. The predicted octanol–water partition coefficient (Wildman–Crippen LogP) is 3.99. The van der Waals surface area contributed by atoms with E-state index in [-0.39, 0.29) is 11.9 Å². The number of carbonyl (C=O) groups excluding carboxylic acids is 2. The van der Waals surface area contributed by atoms with E-state index in [4.69, 9.17) is 14.2 Å². The Morgan fingerprint density at radius 1 is 0.767 bits per heavy atom. The molecule has 0 aromatic rings. The van der Waals surface area contributed by atoms with Gasteiger partial charge in [0.15, 0.2) is 0 Å². The maximum Gasteiger partial charge on any atom is 0.307 e. The van der Waals surface area contributed by atoms with Crippen LogP contribution in [-0.2, 0) is 23.8 Å². The molecule has 0 rings (SSSR count). The third-order valence-electron chi connectivity index (χ3n) is 4.14. The van der Waals surface area contributed by atoms with E-state index in [0.717, 1.165) is 19.7 Å². The third kappa shape index (κ3) is 24.9. The SMILES string of the molecule is CC.CC.CCC(=O)OCCCCOC(=O)CCN(C)CCOCCN(C)C(C)C. The number of likely N-dealkylation sites (N-methyl/N-ethyl adjacent to an activating group) is 2. The molecule has 0 saturated carbocycles. The second kappa shape index (κ2) is 25.9. The van der Waals surface area contributed by atoms with E-state index in [1.807, 2.05) is 34.7 Å². The van der Waals surface area contributed by atoms with Crippen molar-refractivity contribution in [2.75, 3.05) is 60.2 Å². The van der Waals surface area contributed by atoms with Gasteiger partial charge in [-0.15, -0.1) is 0 Å². The van der Waals surface area contributed by atoms with E-state index in [9.17, 15) is 9.59 Å². The van der Waals surface area contributed by atoms with Crippen LogP contribution in [-0.4, -0.2) is 87.9 Å². The topological polar surface area (TPSA) is 68.3 Å². The van der Waals surface area contributed by atoms with Crippen molar-refractivity contribution in [3.8, 4) is 0 Å². The highest BCUT2D eigenvalue weighted by Gasteiger charge is 2.07. The standard InChI is InChI=1S/C19H38N2O5.2C2H6/c1-6-18(22)25-13-7-8-14-26-19(23)9-10-20(4)11-15-24-16-12-21(5)17(2)3;2*1-2/h17H,6-16H2,1-5H3;2*1-2H3. The van der Waals surface area contributed by atoms with Crippen LogP contribution in [0.5, 0.6) is 0 Å². The van der Waals surface area contributed by atoms with Gasteiger partial charge in [0.1, 0.15) is 0 Å². The summed E-state index contributed by atoms with van der Waals surface area (Å²) in [4.78, 5) is 26.9. The van der Waals surface area contributed by atoms with Gasteiger partial charge in [-0.25, -0.2) is 0 Å². The fourth-order valence-electron chi connectivity index (χ4n) is 1.93. The Bertz CT molecular complexity index is 379. The molecule has 0 fully saturated rings. The summed E-state index contributed by atoms with van der Waals surface area (Å²) < 4.78 is 15.8. The summed E-state index contributed by atoms with van der Waals surface area (Å²) in [6.45, 7) is 18.6. The fourth-order valence-corrected chi connectivity index (χ4v) is 1.93. The zero-order valence-electron chi connectivity index (χ0n) is 21.3. The molecule has 30 heavy (non-hydrogen) atoms. The van der Waals surface area contributed by atoms with E-state index in [2.05, 4.69) is 30.7 Å². The number of carbonyl (C=O) groups is 2. The Morgan fingerprint density at radius 3 is 1.77 bits per heavy atom. The Morgan fingerprint density at radius 2 is 1.27 bits per heavy atom. The molecule has 0 N–H and O–H groups in total. The highest BCUT2D eigenvalue weighted by molar-refractivity contribution is 5.69. The summed E-state index contributed by atoms with van der Waals surface area (Å²) in [6, 6.07) is 0.527. The highest BCUT2D eigenvalue weighted by Crippen LogP contribution is 1.97. The Kier molecular flexibility index (Phi) is 28.8. The van der Waals surface area contributed by atoms with Gasteiger partial charge in [-0.05, 0) is 40.8 Å². The number of hydrogen-bond donors (Lipinski definition) is 0. The molecule has 7 heteroatoms. The van der Waals surface area contributed by atoms with Crippen molar-refractivity contribution in [1.29, 1.82) is 0 Å². The summed E-state index contributed by atoms with van der Waals surface area (Å²) in [6.07, 6.45) is 2.18. The van der Waals surface area contributed by atoms with E-state index in [0.29, 0.717) is 58.1 Å². The van der Waals surface area contributed by atoms with Crippen molar-refractivity contribution < 1.29 is 23.8 Å². The molecule has 0 aliphatic carbocycles. The maximum absolute atomic E-state index is 11.7. The van der Waals surface area contributed by atoms with Gasteiger partial charge >= 0.3 is 11.9 Å². The van der Waals surface area contributed by atoms with E-state index < -0.39 is 0 Å². The van der Waals surface area contributed by atoms with E-state index >= 15 is 0 Å². The first-order chi connectivity index (χ1) is 14.4. The molecule has 0 heterocycles. The predicted molar refractivity (Wildman–Crippen MR) is 125 cm³/mol. The quantitative estimate of drug-likeness (QED) is 0.269. The number of nitrogens with zero attached hydrogens (tertiary/aromatic N) is 2. The van der Waals surface area contributed by atoms with Crippen LogP contribution in [0.25, 0.3) is 0 Å². The molecular formula is C23H50N2O5. The number of esters is 2. The second-order valence-electron chi connectivity index (χ2n) is 6.74. The minimum Gasteiger partial charge on any atom is -0.466 e. The summed E-state index contributed by atoms with van der Waals surface area (Å²) in [5, 5.41) is 0. The summed E-state index contributed by atoms with van der Waals surface area (Å²) >= 11 is 0. The lowest BCUT2D eigenvalue weighted by Gasteiger charge is -2.21. The molecule has 0 spiro atoms. The van der Waals surface area contributed by atoms with Crippen LogP contribution in [0, 0.1) is 0 Å². The minimum atomic E-state index is -0.194. The van der Waals surface area contributed by atoms with Crippen molar-refractivity contribution in [2.45, 2.75) is 80.2 Å². The van der Waals surface area contributed by atoms with Crippen LogP contribution in [0.2, 0.25) is 0 Å². The molecule has 0 radical (unpaired) electrons. The Hall–Kier alpha value is -1.18. The first kappa shape index (κ1) is 33.5. The molecule has 0 amide bonds. The van der Waals surface area contributed by atoms with Gasteiger partial charge in [-0.1, -0.05) is 34.6 Å². The Labute approximate surface area is 186 Å². The molecule has 0 atom stereocenters. The summed E-state index contributed by atoms with van der Waals surface area (Å²) in [7, 11) is 4.06. The van der Waals surface area contributed by atoms with Crippen molar-refractivity contribution in [1.82, 2.24) is 9.80 Å². The molecule has 0 aliphatic rings. The first-order valence-electron chi connectivity index (χ1n) is 11.6. The molecule has 0 saturated heterocycles. The van der Waals surface area contributed by atoms with Gasteiger partial charge in [0.25, 0.3) is 0 Å². The second-order valence-corrected chi connectivity index (χ2v) is 6.74. The average Bonchev–Trinajstić information content (AvgIpc) is 2.76. The number of ether oxygens (including phenoxy) is 3. The highest BCUT2D eigenvalue weighted by atomic mass is 16.5. The molecule has 0 aliphatic heterocycles. The van der Waals surface area contributed by atoms with Crippen LogP contribution >= 0.6 is 0 Å². The number of unbranched alkanes of at least 4 members (excludes halogenated alkanes) is 1. The molecule has 7 nitrogen and oxygen atoms in total. The maximum atomic E-state index is 11.7. The fraction of sp³-hybridized carbons (Fsp3) is 0.913.